The number of carbonyl (C=O) groups excluding carboxylic acids is 1. The highest BCUT2D eigenvalue weighted by Crippen LogP contribution is 2.40. The largest absolute Gasteiger partial charge is 0.349 e. The molecule has 6 nitrogen and oxygen atoms in total. The van der Waals surface area contributed by atoms with Crippen LogP contribution < -0.4 is 5.32 Å². The number of rotatable bonds is 9. The molecule has 3 aromatic rings. The minimum atomic E-state index is 0.0191. The van der Waals surface area contributed by atoms with Crippen molar-refractivity contribution in [1.29, 1.82) is 0 Å². The van der Waals surface area contributed by atoms with Gasteiger partial charge in [-0.05, 0) is 37.0 Å². The lowest BCUT2D eigenvalue weighted by atomic mass is 10.0. The van der Waals surface area contributed by atoms with E-state index in [0.717, 1.165) is 47.8 Å². The molecule has 1 aliphatic rings. The zero-order valence-electron chi connectivity index (χ0n) is 16.5. The predicted molar refractivity (Wildman–Crippen MR) is 114 cm³/mol. The van der Waals surface area contributed by atoms with Crippen molar-refractivity contribution in [2.45, 2.75) is 49.8 Å². The number of nitrogens with zero attached hydrogens (tertiary/aromatic N) is 4. The first kappa shape index (κ1) is 19.6. The zero-order chi connectivity index (χ0) is 20.1. The highest BCUT2D eigenvalue weighted by molar-refractivity contribution is 7.99. The molecule has 2 aromatic heterocycles. The van der Waals surface area contributed by atoms with Crippen LogP contribution in [-0.4, -0.2) is 31.4 Å². The summed E-state index contributed by atoms with van der Waals surface area (Å²) in [4.78, 5) is 16.8. The molecule has 1 aliphatic carbocycles. The van der Waals surface area contributed by atoms with E-state index >= 15 is 0 Å². The average molecular weight is 408 g/mol. The molecular weight excluding hydrogens is 382 g/mol. The maximum Gasteiger partial charge on any atom is 0.230 e. The van der Waals surface area contributed by atoms with E-state index in [1.807, 2.05) is 30.3 Å². The molecule has 1 saturated carbocycles. The van der Waals surface area contributed by atoms with E-state index in [4.69, 9.17) is 0 Å². The maximum atomic E-state index is 12.6. The minimum absolute atomic E-state index is 0.0191. The Labute approximate surface area is 175 Å². The Balaban J connectivity index is 1.43. The summed E-state index contributed by atoms with van der Waals surface area (Å²) >= 11 is 1.45. The van der Waals surface area contributed by atoms with Gasteiger partial charge >= 0.3 is 0 Å². The average Bonchev–Trinajstić information content (AvgIpc) is 3.52. The molecular formula is C22H25N5OS. The molecule has 1 fully saturated rings. The standard InChI is InChI=1S/C22H25N5OS/c1-2-7-19(16-8-4-3-5-9-16)24-20(28)15-29-22-26-25-21(27(22)18-11-12-18)17-10-6-13-23-14-17/h3-6,8-10,13-14,18-19H,2,7,11-12,15H2,1H3,(H,24,28)/t19-/m1/s1. The fourth-order valence-electron chi connectivity index (χ4n) is 3.39. The second kappa shape index (κ2) is 9.22. The number of pyridine rings is 1. The van der Waals surface area contributed by atoms with Gasteiger partial charge in [-0.3, -0.25) is 14.3 Å². The number of nitrogens with one attached hydrogen (secondary N) is 1. The number of hydrogen-bond donors (Lipinski definition) is 1. The smallest absolute Gasteiger partial charge is 0.230 e. The van der Waals surface area contributed by atoms with Crippen LogP contribution in [0.15, 0.2) is 60.0 Å². The van der Waals surface area contributed by atoms with Gasteiger partial charge in [-0.25, -0.2) is 0 Å². The Hall–Kier alpha value is -2.67. The molecule has 1 aromatic carbocycles. The van der Waals surface area contributed by atoms with Crippen molar-refractivity contribution in [3.63, 3.8) is 0 Å². The Bertz CT molecular complexity index is 940. The predicted octanol–water partition coefficient (Wildman–Crippen LogP) is 4.42. The molecule has 0 unspecified atom stereocenters. The lowest BCUT2D eigenvalue weighted by Crippen LogP contribution is -2.30. The monoisotopic (exact) mass is 407 g/mol. The molecule has 29 heavy (non-hydrogen) atoms. The molecule has 0 aliphatic heterocycles. The van der Waals surface area contributed by atoms with Crippen molar-refractivity contribution in [2.24, 2.45) is 0 Å². The third-order valence-corrected chi connectivity index (χ3v) is 5.89. The second-order valence-corrected chi connectivity index (χ2v) is 8.20. The number of hydrogen-bond acceptors (Lipinski definition) is 5. The molecule has 4 rings (SSSR count). The number of benzene rings is 1. The summed E-state index contributed by atoms with van der Waals surface area (Å²) in [6.07, 6.45) is 7.73. The summed E-state index contributed by atoms with van der Waals surface area (Å²) in [5.74, 6) is 1.17. The number of aromatic nitrogens is 4. The van der Waals surface area contributed by atoms with E-state index in [1.165, 1.54) is 11.8 Å². The minimum Gasteiger partial charge on any atom is -0.349 e. The SMILES string of the molecule is CCC[C@@H](NC(=O)CSc1nnc(-c2cccnc2)n1C1CC1)c1ccccc1. The molecule has 150 valence electrons. The van der Waals surface area contributed by atoms with Crippen LogP contribution in [0.1, 0.15) is 50.3 Å². The molecule has 0 spiro atoms. The maximum absolute atomic E-state index is 12.6. The van der Waals surface area contributed by atoms with Crippen molar-refractivity contribution in [1.82, 2.24) is 25.1 Å². The lowest BCUT2D eigenvalue weighted by molar-refractivity contribution is -0.119. The van der Waals surface area contributed by atoms with Gasteiger partial charge < -0.3 is 5.32 Å². The van der Waals surface area contributed by atoms with E-state index in [9.17, 15) is 4.79 Å². The highest BCUT2D eigenvalue weighted by atomic mass is 32.2. The van der Waals surface area contributed by atoms with E-state index in [-0.39, 0.29) is 11.9 Å². The summed E-state index contributed by atoms with van der Waals surface area (Å²) in [5.41, 5.74) is 2.10. The zero-order valence-corrected chi connectivity index (χ0v) is 17.3. The Morgan fingerprint density at radius 1 is 1.21 bits per heavy atom. The van der Waals surface area contributed by atoms with Crippen LogP contribution in [-0.2, 0) is 4.79 Å². The number of carbonyl (C=O) groups is 1. The topological polar surface area (TPSA) is 72.7 Å². The first-order valence-electron chi connectivity index (χ1n) is 10.1. The second-order valence-electron chi connectivity index (χ2n) is 7.26. The summed E-state index contributed by atoms with van der Waals surface area (Å²) in [5, 5.41) is 12.7. The number of thioether (sulfide) groups is 1. The van der Waals surface area contributed by atoms with Gasteiger partial charge in [0.05, 0.1) is 11.8 Å². The first-order chi connectivity index (χ1) is 14.3. The normalized spacial score (nSPS) is 14.5. The van der Waals surface area contributed by atoms with Gasteiger partial charge in [0.1, 0.15) is 0 Å². The molecule has 2 heterocycles. The summed E-state index contributed by atoms with van der Waals surface area (Å²) in [6.45, 7) is 2.13. The Kier molecular flexibility index (Phi) is 6.24. The van der Waals surface area contributed by atoms with Crippen molar-refractivity contribution in [3.8, 4) is 11.4 Å². The van der Waals surface area contributed by atoms with E-state index in [0.29, 0.717) is 11.8 Å². The van der Waals surface area contributed by atoms with Crippen molar-refractivity contribution >= 4 is 17.7 Å². The first-order valence-corrected chi connectivity index (χ1v) is 11.1. The molecule has 0 saturated heterocycles. The molecule has 1 N–H and O–H groups in total. The van der Waals surface area contributed by atoms with Crippen LogP contribution in [0, 0.1) is 0 Å². The fraction of sp³-hybridized carbons (Fsp3) is 0.364. The van der Waals surface area contributed by atoms with Crippen LogP contribution in [0.25, 0.3) is 11.4 Å². The van der Waals surface area contributed by atoms with E-state index < -0.39 is 0 Å². The van der Waals surface area contributed by atoms with E-state index in [2.05, 4.69) is 44.1 Å². The van der Waals surface area contributed by atoms with E-state index in [1.54, 1.807) is 12.4 Å². The number of amides is 1. The van der Waals surface area contributed by atoms with Crippen LogP contribution in [0.2, 0.25) is 0 Å². The van der Waals surface area contributed by atoms with Gasteiger partial charge in [0, 0.05) is 24.0 Å². The van der Waals surface area contributed by atoms with Crippen molar-refractivity contribution in [3.05, 3.63) is 60.4 Å². The molecule has 7 heteroatoms. The summed E-state index contributed by atoms with van der Waals surface area (Å²) in [6, 6.07) is 14.5. The third-order valence-electron chi connectivity index (χ3n) is 4.94. The Morgan fingerprint density at radius 3 is 2.72 bits per heavy atom. The fourth-order valence-corrected chi connectivity index (χ4v) is 4.21. The lowest BCUT2D eigenvalue weighted by Gasteiger charge is -2.18. The van der Waals surface area contributed by atoms with Crippen LogP contribution in [0.4, 0.5) is 0 Å². The van der Waals surface area contributed by atoms with Crippen molar-refractivity contribution in [2.75, 3.05) is 5.75 Å². The molecule has 0 radical (unpaired) electrons. The highest BCUT2D eigenvalue weighted by Gasteiger charge is 2.30. The van der Waals surface area contributed by atoms with Gasteiger partial charge in [-0.2, -0.15) is 0 Å². The van der Waals surface area contributed by atoms with Crippen LogP contribution >= 0.6 is 11.8 Å². The van der Waals surface area contributed by atoms with Gasteiger partial charge in [0.2, 0.25) is 5.91 Å². The summed E-state index contributed by atoms with van der Waals surface area (Å²) < 4.78 is 2.16. The molecule has 1 atom stereocenters. The van der Waals surface area contributed by atoms with Gasteiger partial charge in [-0.1, -0.05) is 55.4 Å². The van der Waals surface area contributed by atoms with Crippen LogP contribution in [0.5, 0.6) is 0 Å². The Morgan fingerprint density at radius 2 is 2.03 bits per heavy atom. The molecule has 0 bridgehead atoms. The summed E-state index contributed by atoms with van der Waals surface area (Å²) in [7, 11) is 0. The molecule has 1 amide bonds. The van der Waals surface area contributed by atoms with Gasteiger partial charge in [0.25, 0.3) is 0 Å². The third kappa shape index (κ3) is 4.85. The van der Waals surface area contributed by atoms with Gasteiger partial charge in [-0.15, -0.1) is 10.2 Å². The van der Waals surface area contributed by atoms with Crippen molar-refractivity contribution < 1.29 is 4.79 Å². The van der Waals surface area contributed by atoms with Gasteiger partial charge in [0.15, 0.2) is 11.0 Å². The van der Waals surface area contributed by atoms with Crippen LogP contribution in [0.3, 0.4) is 0 Å². The quantitative estimate of drug-likeness (QED) is 0.532.